The molecular formula is C30H47ClO5Si2. The number of allylic oxidation sites excluding steroid dienone is 3. The summed E-state index contributed by atoms with van der Waals surface area (Å²) in [6.45, 7) is 23.3. The highest BCUT2D eigenvalue weighted by Crippen LogP contribution is 2.46. The number of halogens is 1. The summed E-state index contributed by atoms with van der Waals surface area (Å²) in [5, 5.41) is 0.0667. The van der Waals surface area contributed by atoms with Gasteiger partial charge in [-0.3, -0.25) is 4.79 Å². The molecule has 1 aromatic carbocycles. The average Bonchev–Trinajstić information content (AvgIpc) is 2.73. The highest BCUT2D eigenvalue weighted by molar-refractivity contribution is 6.75. The normalized spacial score (nSPS) is 18.5. The minimum Gasteiger partial charge on any atom is -0.543 e. The second-order valence-electron chi connectivity index (χ2n) is 13.3. The number of fused-ring (bicyclic) bond motifs is 1. The number of hydrogen-bond acceptors (Lipinski definition) is 5. The van der Waals surface area contributed by atoms with Crippen molar-refractivity contribution in [2.24, 2.45) is 0 Å². The van der Waals surface area contributed by atoms with Crippen molar-refractivity contribution in [3.05, 3.63) is 46.5 Å². The fourth-order valence-corrected chi connectivity index (χ4v) is 5.75. The van der Waals surface area contributed by atoms with Crippen LogP contribution < -0.4 is 8.85 Å². The van der Waals surface area contributed by atoms with E-state index in [1.807, 2.05) is 25.2 Å². The zero-order chi connectivity index (χ0) is 29.1. The lowest BCUT2D eigenvalue weighted by atomic mass is 9.99. The number of ether oxygens (including phenoxy) is 1. The first-order valence-corrected chi connectivity index (χ1v) is 19.7. The SMILES string of the molecule is C[C@@H]1CC=CCCC=CC(=O)Cc2c(Cl)c(O[Si](C)(C)C(C)(C)C)cc(O[Si](C)(C)C(C)(C)C)c2C(=O)O1. The van der Waals surface area contributed by atoms with Crippen LogP contribution in [0.4, 0.5) is 0 Å². The number of esters is 1. The Labute approximate surface area is 237 Å². The quantitative estimate of drug-likeness (QED) is 0.202. The summed E-state index contributed by atoms with van der Waals surface area (Å²) in [4.78, 5) is 26.8. The summed E-state index contributed by atoms with van der Waals surface area (Å²) in [6.07, 6.45) is 9.28. The largest absolute Gasteiger partial charge is 0.543 e. The van der Waals surface area contributed by atoms with Gasteiger partial charge >= 0.3 is 5.97 Å². The first-order valence-electron chi connectivity index (χ1n) is 13.6. The van der Waals surface area contributed by atoms with Gasteiger partial charge in [0, 0.05) is 24.5 Å². The third kappa shape index (κ3) is 8.09. The Balaban J connectivity index is 2.84. The van der Waals surface area contributed by atoms with E-state index in [0.717, 1.165) is 12.8 Å². The Hall–Kier alpha value is -1.84. The molecule has 0 amide bonds. The van der Waals surface area contributed by atoms with Gasteiger partial charge in [-0.05, 0) is 62.1 Å². The van der Waals surface area contributed by atoms with E-state index in [-0.39, 0.29) is 39.0 Å². The first kappa shape index (κ1) is 32.4. The van der Waals surface area contributed by atoms with Gasteiger partial charge in [-0.15, -0.1) is 0 Å². The zero-order valence-corrected chi connectivity index (χ0v) is 28.0. The molecule has 0 aliphatic carbocycles. The van der Waals surface area contributed by atoms with Crippen LogP contribution in [-0.4, -0.2) is 34.5 Å². The lowest BCUT2D eigenvalue weighted by molar-refractivity contribution is -0.114. The molecule has 5 nitrogen and oxygen atoms in total. The third-order valence-electron chi connectivity index (χ3n) is 7.94. The van der Waals surface area contributed by atoms with E-state index < -0.39 is 22.6 Å². The van der Waals surface area contributed by atoms with Crippen molar-refractivity contribution in [2.75, 3.05) is 0 Å². The number of ketones is 1. The van der Waals surface area contributed by atoms with Crippen LogP contribution in [0.3, 0.4) is 0 Å². The van der Waals surface area contributed by atoms with E-state index in [1.54, 1.807) is 12.1 Å². The van der Waals surface area contributed by atoms with Crippen LogP contribution in [0.1, 0.15) is 83.7 Å². The van der Waals surface area contributed by atoms with Crippen molar-refractivity contribution in [1.82, 2.24) is 0 Å². The minimum atomic E-state index is -2.39. The van der Waals surface area contributed by atoms with Gasteiger partial charge in [0.15, 0.2) is 5.78 Å². The Morgan fingerprint density at radius 3 is 1.95 bits per heavy atom. The van der Waals surface area contributed by atoms with E-state index in [0.29, 0.717) is 23.5 Å². The fraction of sp³-hybridized carbons (Fsp3) is 0.600. The van der Waals surface area contributed by atoms with Crippen molar-refractivity contribution < 1.29 is 23.2 Å². The van der Waals surface area contributed by atoms with Gasteiger partial charge in [0.25, 0.3) is 16.6 Å². The van der Waals surface area contributed by atoms with Crippen LogP contribution in [0.25, 0.3) is 0 Å². The maximum atomic E-state index is 13.7. The standard InChI is InChI=1S/C30H47ClO5Si2/c1-21-17-15-13-12-14-16-18-22(32)19-23-26(28(33)34-21)24(35-37(8,9)29(2,3)4)20-25(27(23)31)36-38(10,11)30(5,6)7/h13,15-16,18,20-21H,12,14,17,19H2,1-11H3/t21-/m1/s1. The molecule has 1 heterocycles. The predicted octanol–water partition coefficient (Wildman–Crippen LogP) is 9.06. The van der Waals surface area contributed by atoms with Gasteiger partial charge in [-0.1, -0.05) is 71.4 Å². The van der Waals surface area contributed by atoms with E-state index in [1.165, 1.54) is 0 Å². The summed E-state index contributed by atoms with van der Waals surface area (Å²) in [6, 6.07) is 1.75. The molecule has 0 unspecified atom stereocenters. The smallest absolute Gasteiger partial charge is 0.342 e. The molecule has 0 spiro atoms. The molecule has 0 fully saturated rings. The third-order valence-corrected chi connectivity index (χ3v) is 17.0. The Kier molecular flexibility index (Phi) is 10.3. The van der Waals surface area contributed by atoms with Crippen molar-refractivity contribution in [3.8, 4) is 11.5 Å². The van der Waals surface area contributed by atoms with Gasteiger partial charge in [0.1, 0.15) is 23.2 Å². The zero-order valence-electron chi connectivity index (χ0n) is 25.2. The molecule has 1 atom stereocenters. The van der Waals surface area contributed by atoms with Crippen molar-refractivity contribution in [1.29, 1.82) is 0 Å². The van der Waals surface area contributed by atoms with Crippen molar-refractivity contribution in [3.63, 3.8) is 0 Å². The summed E-state index contributed by atoms with van der Waals surface area (Å²) in [7, 11) is -4.70. The average molecular weight is 579 g/mol. The molecule has 0 aromatic heterocycles. The second-order valence-corrected chi connectivity index (χ2v) is 23.1. The molecule has 1 aliphatic heterocycles. The molecule has 8 heteroatoms. The molecule has 2 rings (SSSR count). The van der Waals surface area contributed by atoms with E-state index in [2.05, 4.69) is 67.7 Å². The monoisotopic (exact) mass is 578 g/mol. The fourth-order valence-electron chi connectivity index (χ4n) is 3.40. The molecule has 0 bridgehead atoms. The van der Waals surface area contributed by atoms with Crippen LogP contribution in [0.5, 0.6) is 11.5 Å². The van der Waals surface area contributed by atoms with Gasteiger partial charge in [0.2, 0.25) is 0 Å². The Morgan fingerprint density at radius 2 is 1.39 bits per heavy atom. The number of carbonyl (C=O) groups excluding carboxylic acids is 2. The first-order chi connectivity index (χ1) is 17.3. The maximum absolute atomic E-state index is 13.7. The van der Waals surface area contributed by atoms with E-state index >= 15 is 0 Å². The topological polar surface area (TPSA) is 61.8 Å². The summed E-state index contributed by atoms with van der Waals surface area (Å²) in [5.74, 6) is 0.149. The maximum Gasteiger partial charge on any atom is 0.342 e. The van der Waals surface area contributed by atoms with Crippen LogP contribution >= 0.6 is 11.6 Å². The van der Waals surface area contributed by atoms with Crippen LogP contribution in [0, 0.1) is 0 Å². The van der Waals surface area contributed by atoms with Gasteiger partial charge in [-0.25, -0.2) is 4.79 Å². The number of carbonyl (C=O) groups is 2. The molecular weight excluding hydrogens is 532 g/mol. The van der Waals surface area contributed by atoms with Crippen LogP contribution in [0.2, 0.25) is 41.3 Å². The van der Waals surface area contributed by atoms with Gasteiger partial charge < -0.3 is 13.6 Å². The van der Waals surface area contributed by atoms with Crippen LogP contribution in [0.15, 0.2) is 30.4 Å². The summed E-state index contributed by atoms with van der Waals surface area (Å²) in [5.41, 5.74) is 0.619. The Bertz CT molecular complexity index is 1090. The molecule has 0 radical (unpaired) electrons. The van der Waals surface area contributed by atoms with Gasteiger partial charge in [0.05, 0.1) is 5.02 Å². The van der Waals surface area contributed by atoms with Crippen molar-refractivity contribution in [2.45, 2.75) is 117 Å². The second kappa shape index (κ2) is 12.1. The molecule has 0 saturated heterocycles. The van der Waals surface area contributed by atoms with Gasteiger partial charge in [-0.2, -0.15) is 0 Å². The highest BCUT2D eigenvalue weighted by Gasteiger charge is 2.43. The lowest BCUT2D eigenvalue weighted by Gasteiger charge is -2.39. The number of benzene rings is 1. The molecule has 212 valence electrons. The molecule has 38 heavy (non-hydrogen) atoms. The minimum absolute atomic E-state index is 0.0491. The summed E-state index contributed by atoms with van der Waals surface area (Å²) < 4.78 is 19.3. The van der Waals surface area contributed by atoms with Crippen LogP contribution in [-0.2, 0) is 16.0 Å². The molecule has 0 saturated carbocycles. The molecule has 1 aliphatic rings. The number of hydrogen-bond donors (Lipinski definition) is 0. The number of cyclic esters (lactones) is 1. The Morgan fingerprint density at radius 1 is 0.868 bits per heavy atom. The van der Waals surface area contributed by atoms with E-state index in [9.17, 15) is 9.59 Å². The highest BCUT2D eigenvalue weighted by atomic mass is 35.5. The predicted molar refractivity (Wildman–Crippen MR) is 163 cm³/mol. The lowest BCUT2D eigenvalue weighted by Crippen LogP contribution is -2.45. The van der Waals surface area contributed by atoms with Crippen molar-refractivity contribution >= 4 is 40.0 Å². The molecule has 0 N–H and O–H groups in total. The number of rotatable bonds is 4. The van der Waals surface area contributed by atoms with E-state index in [4.69, 9.17) is 25.2 Å². The summed E-state index contributed by atoms with van der Waals surface area (Å²) >= 11 is 6.99. The molecule has 1 aromatic rings.